The Kier molecular flexibility index (Phi) is 10.2. The van der Waals surface area contributed by atoms with E-state index < -0.39 is 5.97 Å². The van der Waals surface area contributed by atoms with E-state index in [0.717, 1.165) is 5.57 Å². The largest absolute Gasteiger partial charge is 1.00 e. The molecule has 0 aliphatic carbocycles. The summed E-state index contributed by atoms with van der Waals surface area (Å²) in [6.45, 7) is 6.94. The molecule has 0 aromatic carbocycles. The van der Waals surface area contributed by atoms with Gasteiger partial charge in [0.05, 0.1) is 5.97 Å². The molecule has 0 aliphatic rings. The van der Waals surface area contributed by atoms with Crippen molar-refractivity contribution in [2.75, 3.05) is 0 Å². The number of hydrogen-bond donors (Lipinski definition) is 0. The molecule has 0 saturated carbocycles. The van der Waals surface area contributed by atoms with E-state index in [1.54, 1.807) is 18.2 Å². The molecule has 0 aliphatic heterocycles. The van der Waals surface area contributed by atoms with Crippen molar-refractivity contribution >= 4 is 5.97 Å². The summed E-state index contributed by atoms with van der Waals surface area (Å²) in [6, 6.07) is 0. The third-order valence-electron chi connectivity index (χ3n) is 1.41. The van der Waals surface area contributed by atoms with Crippen molar-refractivity contribution in [2.24, 2.45) is 0 Å². The second kappa shape index (κ2) is 9.00. The van der Waals surface area contributed by atoms with Crippen LogP contribution in [0.3, 0.4) is 0 Å². The first-order chi connectivity index (χ1) is 6.07. The minimum Gasteiger partial charge on any atom is -0.545 e. The summed E-state index contributed by atoms with van der Waals surface area (Å²) >= 11 is 0. The smallest absolute Gasteiger partial charge is 0.545 e. The Bertz CT molecular complexity index is 286. The van der Waals surface area contributed by atoms with Crippen molar-refractivity contribution in [3.8, 4) is 0 Å². The topological polar surface area (TPSA) is 40.1 Å². The van der Waals surface area contributed by atoms with E-state index in [9.17, 15) is 9.90 Å². The molecule has 0 rings (SSSR count). The van der Waals surface area contributed by atoms with E-state index in [2.05, 4.69) is 6.58 Å². The summed E-state index contributed by atoms with van der Waals surface area (Å²) in [5, 5.41) is 10.3. The first kappa shape index (κ1) is 15.9. The molecule has 0 fully saturated rings. The van der Waals surface area contributed by atoms with Crippen LogP contribution in [0.15, 0.2) is 48.1 Å². The van der Waals surface area contributed by atoms with Gasteiger partial charge in [0.15, 0.2) is 0 Å². The van der Waals surface area contributed by atoms with Gasteiger partial charge in [-0.05, 0) is 19.4 Å². The fourth-order valence-electron chi connectivity index (χ4n) is 0.654. The quantitative estimate of drug-likeness (QED) is 0.311. The Morgan fingerprint density at radius 1 is 1.29 bits per heavy atom. The molecule has 0 heterocycles. The number of carboxylic acids is 1. The third kappa shape index (κ3) is 8.05. The summed E-state index contributed by atoms with van der Waals surface area (Å²) in [5.74, 6) is -1.14. The van der Waals surface area contributed by atoms with Crippen molar-refractivity contribution in [1.29, 1.82) is 0 Å². The summed E-state index contributed by atoms with van der Waals surface area (Å²) in [6.07, 6.45) is 8.47. The third-order valence-corrected chi connectivity index (χ3v) is 1.41. The van der Waals surface area contributed by atoms with Gasteiger partial charge in [-0.2, -0.15) is 0 Å². The molecule has 14 heavy (non-hydrogen) atoms. The first-order valence-electron chi connectivity index (χ1n) is 3.93. The van der Waals surface area contributed by atoms with E-state index in [0.29, 0.717) is 0 Å². The van der Waals surface area contributed by atoms with Gasteiger partial charge in [0, 0.05) is 0 Å². The average molecular weight is 200 g/mol. The van der Waals surface area contributed by atoms with Crippen LogP contribution in [0.1, 0.15) is 13.8 Å². The van der Waals surface area contributed by atoms with Gasteiger partial charge in [0.1, 0.15) is 0 Å². The van der Waals surface area contributed by atoms with Gasteiger partial charge in [-0.3, -0.25) is 0 Å². The Hall–Kier alpha value is -0.570. The zero-order valence-corrected chi connectivity index (χ0v) is 10.9. The first-order valence-corrected chi connectivity index (χ1v) is 3.93. The Labute approximate surface area is 107 Å². The molecular formula is C11H13NaO2. The van der Waals surface area contributed by atoms with Gasteiger partial charge >= 0.3 is 29.6 Å². The second-order valence-electron chi connectivity index (χ2n) is 2.64. The number of rotatable bonds is 4. The maximum Gasteiger partial charge on any atom is 1.00 e. The maximum absolute atomic E-state index is 10.3. The average Bonchev–Trinajstić information content (AvgIpc) is 2.04. The zero-order valence-electron chi connectivity index (χ0n) is 8.91. The van der Waals surface area contributed by atoms with Crippen LogP contribution >= 0.6 is 0 Å². The predicted octanol–water partition coefficient (Wildman–Crippen LogP) is -1.62. The molecule has 0 aromatic rings. The number of aliphatic carboxylic acids is 1. The van der Waals surface area contributed by atoms with Crippen LogP contribution in [0.4, 0.5) is 0 Å². The number of carbonyl (C=O) groups is 1. The molecule has 0 amide bonds. The number of carboxylic acid groups (broad SMARTS) is 1. The van der Waals surface area contributed by atoms with Gasteiger partial charge in [-0.1, -0.05) is 42.5 Å². The number of hydrogen-bond acceptors (Lipinski definition) is 2. The summed E-state index contributed by atoms with van der Waals surface area (Å²) in [5.41, 5.74) is 1.22. The standard InChI is InChI=1S/C11H14O2.Na/c1-4-6-9(2)7-5-8-10(3)11(12)13;/h4-8H,1H2,2-3H3,(H,12,13);/q;+1/p-1/b7-5+,9-6+,10-8+;. The minimum absolute atomic E-state index is 0. The zero-order chi connectivity index (χ0) is 10.3. The number of allylic oxidation sites excluding steroid dienone is 6. The molecule has 3 heteroatoms. The Morgan fingerprint density at radius 2 is 1.86 bits per heavy atom. The molecule has 70 valence electrons. The minimum atomic E-state index is -1.14. The molecule has 0 aromatic heterocycles. The van der Waals surface area contributed by atoms with E-state index in [-0.39, 0.29) is 35.1 Å². The van der Waals surface area contributed by atoms with Gasteiger partial charge in [-0.25, -0.2) is 0 Å². The maximum atomic E-state index is 10.3. The van der Waals surface area contributed by atoms with Crippen LogP contribution in [-0.2, 0) is 4.79 Å². The Balaban J connectivity index is 0. The van der Waals surface area contributed by atoms with E-state index in [1.807, 2.05) is 13.0 Å². The van der Waals surface area contributed by atoms with E-state index >= 15 is 0 Å². The fraction of sp³-hybridized carbons (Fsp3) is 0.182. The van der Waals surface area contributed by atoms with Crippen molar-refractivity contribution < 1.29 is 39.5 Å². The van der Waals surface area contributed by atoms with Crippen LogP contribution in [-0.4, -0.2) is 5.97 Å². The molecule has 2 nitrogen and oxygen atoms in total. The molecule has 0 atom stereocenters. The van der Waals surface area contributed by atoms with Crippen molar-refractivity contribution in [3.05, 3.63) is 48.1 Å². The summed E-state index contributed by atoms with van der Waals surface area (Å²) in [7, 11) is 0. The molecule has 0 saturated heterocycles. The molecule has 0 radical (unpaired) electrons. The normalized spacial score (nSPS) is 12.4. The Morgan fingerprint density at radius 3 is 2.29 bits per heavy atom. The van der Waals surface area contributed by atoms with Crippen LogP contribution in [0, 0.1) is 0 Å². The van der Waals surface area contributed by atoms with Crippen LogP contribution in [0.5, 0.6) is 0 Å². The SMILES string of the molecule is C=C/C=C(C)/C=C/C=C(\C)C(=O)[O-].[Na+]. The van der Waals surface area contributed by atoms with Gasteiger partial charge in [0.25, 0.3) is 0 Å². The van der Waals surface area contributed by atoms with Crippen molar-refractivity contribution in [2.45, 2.75) is 13.8 Å². The van der Waals surface area contributed by atoms with Crippen LogP contribution < -0.4 is 34.7 Å². The van der Waals surface area contributed by atoms with E-state index in [1.165, 1.54) is 13.0 Å². The van der Waals surface area contributed by atoms with Gasteiger partial charge in [0.2, 0.25) is 0 Å². The van der Waals surface area contributed by atoms with Crippen molar-refractivity contribution in [3.63, 3.8) is 0 Å². The summed E-state index contributed by atoms with van der Waals surface area (Å²) in [4.78, 5) is 10.3. The van der Waals surface area contributed by atoms with Crippen LogP contribution in [0.2, 0.25) is 0 Å². The van der Waals surface area contributed by atoms with Crippen molar-refractivity contribution in [1.82, 2.24) is 0 Å². The van der Waals surface area contributed by atoms with Gasteiger partial charge < -0.3 is 9.90 Å². The fourth-order valence-corrected chi connectivity index (χ4v) is 0.654. The van der Waals surface area contributed by atoms with Gasteiger partial charge in [-0.15, -0.1) is 0 Å². The molecule has 0 N–H and O–H groups in total. The molecule has 0 unspecified atom stereocenters. The predicted molar refractivity (Wildman–Crippen MR) is 51.9 cm³/mol. The second-order valence-corrected chi connectivity index (χ2v) is 2.64. The molecular weight excluding hydrogens is 187 g/mol. The van der Waals surface area contributed by atoms with Crippen LogP contribution in [0.25, 0.3) is 0 Å². The summed E-state index contributed by atoms with van der Waals surface area (Å²) < 4.78 is 0. The molecule has 0 bridgehead atoms. The molecule has 0 spiro atoms. The van der Waals surface area contributed by atoms with E-state index in [4.69, 9.17) is 0 Å². The monoisotopic (exact) mass is 200 g/mol. The number of carbonyl (C=O) groups excluding carboxylic acids is 1.